The number of ether oxygens (including phenoxy) is 1. The summed E-state index contributed by atoms with van der Waals surface area (Å²) in [4.78, 5) is 17.1. The molecule has 2 heterocycles. The van der Waals surface area contributed by atoms with Crippen molar-refractivity contribution in [2.45, 2.75) is 32.0 Å². The number of para-hydroxylation sites is 2. The fourth-order valence-corrected chi connectivity index (χ4v) is 3.89. The molecule has 0 saturated carbocycles. The number of ketones is 1. The van der Waals surface area contributed by atoms with E-state index in [2.05, 4.69) is 16.5 Å². The number of rotatable bonds is 7. The van der Waals surface area contributed by atoms with Crippen molar-refractivity contribution in [1.29, 1.82) is 0 Å². The number of hydrogen-bond donors (Lipinski definition) is 0. The van der Waals surface area contributed by atoms with Gasteiger partial charge in [-0.15, -0.1) is 0 Å². The minimum atomic E-state index is 0.0798. The summed E-state index contributed by atoms with van der Waals surface area (Å²) >= 11 is 1.33. The van der Waals surface area contributed by atoms with Crippen LogP contribution in [-0.4, -0.2) is 34.8 Å². The van der Waals surface area contributed by atoms with Crippen LogP contribution in [0.4, 0.5) is 0 Å². The number of oxazole rings is 1. The van der Waals surface area contributed by atoms with Crippen LogP contribution in [0, 0.1) is 13.8 Å². The van der Waals surface area contributed by atoms with Crippen LogP contribution < -0.4 is 0 Å². The van der Waals surface area contributed by atoms with E-state index >= 15 is 0 Å². The van der Waals surface area contributed by atoms with Gasteiger partial charge in [0.25, 0.3) is 5.22 Å². The number of thioether (sulfide) groups is 1. The minimum absolute atomic E-state index is 0.0798. The van der Waals surface area contributed by atoms with E-state index < -0.39 is 0 Å². The number of nitrogens with zero attached hydrogens (tertiary/aromatic N) is 2. The molecular weight excluding hydrogens is 336 g/mol. The third-order valence-corrected chi connectivity index (χ3v) is 5.06. The maximum atomic E-state index is 12.7. The molecule has 0 spiro atoms. The minimum Gasteiger partial charge on any atom is -0.431 e. The van der Waals surface area contributed by atoms with E-state index in [9.17, 15) is 4.79 Å². The first-order chi connectivity index (χ1) is 12.0. The van der Waals surface area contributed by atoms with Crippen molar-refractivity contribution in [3.8, 4) is 0 Å². The number of fused-ring (bicyclic) bond motifs is 1. The van der Waals surface area contributed by atoms with Crippen LogP contribution in [0.2, 0.25) is 0 Å². The largest absolute Gasteiger partial charge is 0.431 e. The van der Waals surface area contributed by atoms with E-state index in [1.807, 2.05) is 44.2 Å². The van der Waals surface area contributed by atoms with Crippen molar-refractivity contribution in [2.75, 3.05) is 19.5 Å². The molecule has 1 aromatic carbocycles. The lowest BCUT2D eigenvalue weighted by atomic mass is 10.2. The van der Waals surface area contributed by atoms with Crippen molar-refractivity contribution in [3.63, 3.8) is 0 Å². The maximum absolute atomic E-state index is 12.7. The second-order valence-electron chi connectivity index (χ2n) is 6.12. The van der Waals surface area contributed by atoms with Gasteiger partial charge in [0.1, 0.15) is 5.52 Å². The van der Waals surface area contributed by atoms with E-state index in [1.165, 1.54) is 11.8 Å². The Labute approximate surface area is 151 Å². The van der Waals surface area contributed by atoms with Gasteiger partial charge < -0.3 is 13.7 Å². The number of methoxy groups -OCH3 is 1. The highest BCUT2D eigenvalue weighted by Crippen LogP contribution is 2.26. The topological polar surface area (TPSA) is 57.3 Å². The number of aromatic nitrogens is 2. The van der Waals surface area contributed by atoms with Gasteiger partial charge in [-0.25, -0.2) is 4.98 Å². The summed E-state index contributed by atoms with van der Waals surface area (Å²) in [6.45, 7) is 6.70. The van der Waals surface area contributed by atoms with Crippen molar-refractivity contribution >= 4 is 28.6 Å². The van der Waals surface area contributed by atoms with Crippen molar-refractivity contribution in [2.24, 2.45) is 0 Å². The predicted octanol–water partition coefficient (Wildman–Crippen LogP) is 4.43. The normalized spacial score (nSPS) is 12.6. The molecule has 0 fully saturated rings. The molecule has 0 bridgehead atoms. The molecule has 1 unspecified atom stereocenters. The number of hydrogen-bond acceptors (Lipinski definition) is 5. The average Bonchev–Trinajstić information content (AvgIpc) is 3.13. The first kappa shape index (κ1) is 17.8. The van der Waals surface area contributed by atoms with Gasteiger partial charge in [0, 0.05) is 24.1 Å². The molecule has 3 rings (SSSR count). The number of benzene rings is 1. The molecule has 0 aliphatic rings. The molecule has 0 radical (unpaired) electrons. The molecule has 5 nitrogen and oxygen atoms in total. The molecule has 6 heteroatoms. The van der Waals surface area contributed by atoms with Crippen LogP contribution >= 0.6 is 11.8 Å². The first-order valence-corrected chi connectivity index (χ1v) is 9.18. The number of carbonyl (C=O) groups is 1. The summed E-state index contributed by atoms with van der Waals surface area (Å²) in [6.07, 6.45) is 0. The van der Waals surface area contributed by atoms with Crippen LogP contribution in [0.5, 0.6) is 0 Å². The molecule has 0 N–H and O–H groups in total. The van der Waals surface area contributed by atoms with Crippen molar-refractivity contribution in [1.82, 2.24) is 9.55 Å². The second kappa shape index (κ2) is 7.45. The zero-order valence-corrected chi connectivity index (χ0v) is 15.7. The van der Waals surface area contributed by atoms with Crippen molar-refractivity contribution in [3.05, 3.63) is 47.3 Å². The molecule has 25 heavy (non-hydrogen) atoms. The smallest absolute Gasteiger partial charge is 0.257 e. The SMILES string of the molecule is COCC(C)n1c(C)cc(C(=O)CSc2nc3ccccc3o2)c1C. The maximum Gasteiger partial charge on any atom is 0.257 e. The van der Waals surface area contributed by atoms with Gasteiger partial charge in [-0.05, 0) is 39.0 Å². The summed E-state index contributed by atoms with van der Waals surface area (Å²) in [5.41, 5.74) is 4.35. The van der Waals surface area contributed by atoms with Gasteiger partial charge in [-0.1, -0.05) is 23.9 Å². The lowest BCUT2D eigenvalue weighted by Crippen LogP contribution is -2.14. The van der Waals surface area contributed by atoms with Crippen LogP contribution in [-0.2, 0) is 4.74 Å². The van der Waals surface area contributed by atoms with Gasteiger partial charge in [0.05, 0.1) is 18.4 Å². The Bertz CT molecular complexity index is 864. The summed E-state index contributed by atoms with van der Waals surface area (Å²) in [6, 6.07) is 9.74. The third-order valence-electron chi connectivity index (χ3n) is 4.23. The number of carbonyl (C=O) groups excluding carboxylic acids is 1. The fourth-order valence-electron chi connectivity index (χ4n) is 3.17. The number of Topliss-reactive ketones (excluding diaryl/α,β-unsaturated/α-hetero) is 1. The zero-order valence-electron chi connectivity index (χ0n) is 14.9. The van der Waals surface area contributed by atoms with E-state index in [4.69, 9.17) is 9.15 Å². The molecular formula is C19H22N2O3S. The lowest BCUT2D eigenvalue weighted by Gasteiger charge is -2.17. The Morgan fingerprint density at radius 1 is 1.36 bits per heavy atom. The number of aryl methyl sites for hydroxylation is 1. The van der Waals surface area contributed by atoms with Crippen LogP contribution in [0.15, 0.2) is 40.0 Å². The Balaban J connectivity index is 1.74. The molecule has 3 aromatic rings. The Morgan fingerprint density at radius 3 is 2.84 bits per heavy atom. The lowest BCUT2D eigenvalue weighted by molar-refractivity contribution is 0.102. The van der Waals surface area contributed by atoms with Crippen LogP contribution in [0.3, 0.4) is 0 Å². The van der Waals surface area contributed by atoms with Gasteiger partial charge in [-0.2, -0.15) is 0 Å². The van der Waals surface area contributed by atoms with Gasteiger partial charge in [0.2, 0.25) is 0 Å². The molecule has 132 valence electrons. The van der Waals surface area contributed by atoms with Crippen LogP contribution in [0.1, 0.15) is 34.7 Å². The standard InChI is InChI=1S/C19H22N2O3S/c1-12-9-15(14(3)21(12)13(2)10-23-4)17(22)11-25-19-20-16-7-5-6-8-18(16)24-19/h5-9,13H,10-11H2,1-4H3. The molecule has 0 aliphatic carbocycles. The van der Waals surface area contributed by atoms with E-state index in [0.717, 1.165) is 28.1 Å². The highest BCUT2D eigenvalue weighted by molar-refractivity contribution is 7.99. The quantitative estimate of drug-likeness (QED) is 0.462. The molecule has 1 atom stereocenters. The molecule has 0 saturated heterocycles. The second-order valence-corrected chi connectivity index (χ2v) is 7.05. The summed E-state index contributed by atoms with van der Waals surface area (Å²) in [7, 11) is 1.69. The van der Waals surface area contributed by atoms with E-state index in [-0.39, 0.29) is 11.8 Å². The summed E-state index contributed by atoms with van der Waals surface area (Å²) in [5, 5.41) is 0.524. The van der Waals surface area contributed by atoms with Gasteiger partial charge in [0.15, 0.2) is 11.4 Å². The average molecular weight is 358 g/mol. The first-order valence-electron chi connectivity index (χ1n) is 8.20. The third kappa shape index (κ3) is 3.65. The van der Waals surface area contributed by atoms with Gasteiger partial charge >= 0.3 is 0 Å². The predicted molar refractivity (Wildman–Crippen MR) is 99.6 cm³/mol. The Hall–Kier alpha value is -2.05. The molecule has 2 aromatic heterocycles. The monoisotopic (exact) mass is 358 g/mol. The Kier molecular flexibility index (Phi) is 5.30. The summed E-state index contributed by atoms with van der Waals surface area (Å²) < 4.78 is 13.1. The van der Waals surface area contributed by atoms with Gasteiger partial charge in [-0.3, -0.25) is 4.79 Å². The van der Waals surface area contributed by atoms with Crippen LogP contribution in [0.25, 0.3) is 11.1 Å². The highest BCUT2D eigenvalue weighted by atomic mass is 32.2. The van der Waals surface area contributed by atoms with Crippen molar-refractivity contribution < 1.29 is 13.9 Å². The summed E-state index contributed by atoms with van der Waals surface area (Å²) in [5.74, 6) is 0.381. The zero-order chi connectivity index (χ0) is 18.0. The fraction of sp³-hybridized carbons (Fsp3) is 0.368. The Morgan fingerprint density at radius 2 is 2.12 bits per heavy atom. The molecule has 0 aliphatic heterocycles. The van der Waals surface area contributed by atoms with E-state index in [1.54, 1.807) is 7.11 Å². The highest BCUT2D eigenvalue weighted by Gasteiger charge is 2.19. The molecule has 0 amide bonds. The van der Waals surface area contributed by atoms with E-state index in [0.29, 0.717) is 17.6 Å².